The Morgan fingerprint density at radius 3 is 2.54 bits per heavy atom. The average Bonchev–Trinajstić information content (AvgIpc) is 3.62. The second-order valence-corrected chi connectivity index (χ2v) is 12.7. The molecule has 3 aliphatic rings. The molecule has 4 aromatic rings. The summed E-state index contributed by atoms with van der Waals surface area (Å²) in [5.41, 5.74) is 6.29. The van der Waals surface area contributed by atoms with Crippen LogP contribution in [0.1, 0.15) is 18.4 Å². The minimum absolute atomic E-state index is 0.000584. The molecule has 15 heteroatoms. The van der Waals surface area contributed by atoms with Gasteiger partial charge >= 0.3 is 6.01 Å². The predicted octanol–water partition coefficient (Wildman–Crippen LogP) is 6.11. The summed E-state index contributed by atoms with van der Waals surface area (Å²) in [6, 6.07) is 6.19. The molecule has 2 aromatic heterocycles. The molecule has 1 unspecified atom stereocenters. The van der Waals surface area contributed by atoms with Crippen molar-refractivity contribution >= 4 is 54.7 Å². The highest BCUT2D eigenvalue weighted by molar-refractivity contribution is 7.23. The maximum atomic E-state index is 16.2. The van der Waals surface area contributed by atoms with Gasteiger partial charge in [0.1, 0.15) is 28.2 Å². The maximum Gasteiger partial charge on any atom is 0.318 e. The zero-order chi connectivity index (χ0) is 32.6. The molecule has 1 saturated carbocycles. The average molecular weight is 679 g/mol. The lowest BCUT2D eigenvalue weighted by atomic mass is 9.97. The van der Waals surface area contributed by atoms with E-state index in [1.165, 1.54) is 19.2 Å². The molecule has 0 spiro atoms. The number of ether oxygens (including phenoxy) is 3. The largest absolute Gasteiger partial charge is 0.467 e. The van der Waals surface area contributed by atoms with Crippen LogP contribution >= 0.6 is 22.9 Å². The second kappa shape index (κ2) is 13.3. The number of hydrogen-bond acceptors (Lipinski definition) is 10. The topological polar surface area (TPSA) is 110 Å². The minimum atomic E-state index is -2.36. The fraction of sp³-hybridized carbons (Fsp3) is 0.452. The SMILES string of the molecule is COc1nc(N2CCCOCC2)c2cc(Cl)c(-c3ccc(F)c4sc(N)c(C#N)c34)c(F)c2n1.FC1(F)CC1CN1CCOCC1. The number of rotatable bonds is 5. The number of thiophene rings is 1. The molecule has 7 rings (SSSR count). The van der Waals surface area contributed by atoms with Crippen LogP contribution in [0.4, 0.5) is 28.4 Å². The van der Waals surface area contributed by atoms with Gasteiger partial charge in [0.05, 0.1) is 42.2 Å². The molecule has 2 aromatic carbocycles. The van der Waals surface area contributed by atoms with E-state index in [1.54, 1.807) is 6.07 Å². The number of hydrogen-bond donors (Lipinski definition) is 1. The number of alkyl halides is 2. The first-order valence-corrected chi connectivity index (χ1v) is 16.0. The highest BCUT2D eigenvalue weighted by Crippen LogP contribution is 2.49. The van der Waals surface area contributed by atoms with Gasteiger partial charge in [0.25, 0.3) is 5.92 Å². The monoisotopic (exact) mass is 678 g/mol. The lowest BCUT2D eigenvalue weighted by Gasteiger charge is -2.26. The molecule has 1 aliphatic carbocycles. The summed E-state index contributed by atoms with van der Waals surface area (Å²) in [7, 11) is 1.40. The van der Waals surface area contributed by atoms with E-state index < -0.39 is 17.6 Å². The lowest BCUT2D eigenvalue weighted by molar-refractivity contribution is 0.0246. The third-order valence-electron chi connectivity index (χ3n) is 8.28. The third-order valence-corrected chi connectivity index (χ3v) is 9.61. The van der Waals surface area contributed by atoms with E-state index in [-0.39, 0.29) is 60.7 Å². The van der Waals surface area contributed by atoms with Gasteiger partial charge < -0.3 is 24.8 Å². The summed E-state index contributed by atoms with van der Waals surface area (Å²) in [6.45, 7) is 5.92. The highest BCUT2D eigenvalue weighted by Gasteiger charge is 2.56. The fourth-order valence-corrected chi connectivity index (χ4v) is 7.01. The molecular formula is C31H31ClF4N6O3S. The van der Waals surface area contributed by atoms with Crippen molar-refractivity contribution in [3.63, 3.8) is 0 Å². The molecule has 244 valence electrons. The Morgan fingerprint density at radius 2 is 1.85 bits per heavy atom. The number of anilines is 2. The van der Waals surface area contributed by atoms with E-state index in [1.807, 2.05) is 11.0 Å². The van der Waals surface area contributed by atoms with Crippen LogP contribution in [0.3, 0.4) is 0 Å². The summed E-state index contributed by atoms with van der Waals surface area (Å²) in [5, 5.41) is 10.5. The first kappa shape index (κ1) is 32.5. The van der Waals surface area contributed by atoms with E-state index in [0.29, 0.717) is 57.3 Å². The molecule has 3 fully saturated rings. The van der Waals surface area contributed by atoms with Crippen LogP contribution in [0.15, 0.2) is 18.2 Å². The van der Waals surface area contributed by atoms with E-state index >= 15 is 4.39 Å². The maximum absolute atomic E-state index is 16.2. The van der Waals surface area contributed by atoms with E-state index in [0.717, 1.165) is 30.8 Å². The Morgan fingerprint density at radius 1 is 1.13 bits per heavy atom. The number of nitriles is 1. The molecular weight excluding hydrogens is 648 g/mol. The highest BCUT2D eigenvalue weighted by atomic mass is 35.5. The van der Waals surface area contributed by atoms with Crippen molar-refractivity contribution in [3.8, 4) is 23.2 Å². The Bertz CT molecular complexity index is 1810. The first-order chi connectivity index (χ1) is 22.1. The van der Waals surface area contributed by atoms with Crippen molar-refractivity contribution < 1.29 is 31.8 Å². The van der Waals surface area contributed by atoms with Crippen molar-refractivity contribution in [1.29, 1.82) is 5.26 Å². The lowest BCUT2D eigenvalue weighted by Crippen LogP contribution is -2.38. The summed E-state index contributed by atoms with van der Waals surface area (Å²) in [6.07, 6.45) is 0.872. The van der Waals surface area contributed by atoms with Gasteiger partial charge in [0.15, 0.2) is 5.82 Å². The zero-order valence-corrected chi connectivity index (χ0v) is 26.5. The van der Waals surface area contributed by atoms with Crippen LogP contribution in [0.2, 0.25) is 5.02 Å². The van der Waals surface area contributed by atoms with Gasteiger partial charge in [0.2, 0.25) is 0 Å². The van der Waals surface area contributed by atoms with Crippen molar-refractivity contribution in [2.45, 2.75) is 18.8 Å². The van der Waals surface area contributed by atoms with Crippen LogP contribution in [-0.4, -0.2) is 87.1 Å². The van der Waals surface area contributed by atoms with Gasteiger partial charge in [-0.05, 0) is 24.1 Å². The van der Waals surface area contributed by atoms with E-state index in [2.05, 4.69) is 14.9 Å². The third kappa shape index (κ3) is 6.39. The molecule has 1 atom stereocenters. The first-order valence-electron chi connectivity index (χ1n) is 14.8. The van der Waals surface area contributed by atoms with Gasteiger partial charge in [-0.3, -0.25) is 4.90 Å². The second-order valence-electron chi connectivity index (χ2n) is 11.3. The smallest absolute Gasteiger partial charge is 0.318 e. The van der Waals surface area contributed by atoms with Crippen LogP contribution < -0.4 is 15.4 Å². The van der Waals surface area contributed by atoms with Gasteiger partial charge in [-0.25, -0.2) is 17.6 Å². The van der Waals surface area contributed by atoms with Crippen LogP contribution in [0, 0.1) is 28.9 Å². The summed E-state index contributed by atoms with van der Waals surface area (Å²) in [5.74, 6) is -3.53. The Balaban J connectivity index is 0.000000259. The molecule has 0 amide bonds. The number of morpholine rings is 1. The predicted molar refractivity (Wildman–Crippen MR) is 169 cm³/mol. The minimum Gasteiger partial charge on any atom is -0.467 e. The standard InChI is InChI=1S/C23H18ClF2N5O2S.C8H13F2NO/c1-32-23-29-19-12(22(30-23)31-5-2-7-33-8-6-31)9-14(24)17(18(19)26)11-3-4-15(25)20-16(11)13(10-27)21(28)34-20;9-8(10)5-7(8)6-11-1-3-12-4-2-11/h3-4,9H,2,5-8,28H2,1H3;7H,1-6H2. The fourth-order valence-electron chi connectivity index (χ4n) is 5.77. The molecule has 9 nitrogen and oxygen atoms in total. The van der Waals surface area contributed by atoms with Crippen molar-refractivity contribution in [2.24, 2.45) is 5.92 Å². The van der Waals surface area contributed by atoms with Gasteiger partial charge in [-0.15, -0.1) is 11.3 Å². The normalized spacial score (nSPS) is 19.8. The summed E-state index contributed by atoms with van der Waals surface area (Å²) < 4.78 is 71.7. The number of nitrogen functional groups attached to an aromatic ring is 1. The molecule has 4 heterocycles. The van der Waals surface area contributed by atoms with Crippen molar-refractivity contribution in [3.05, 3.63) is 40.4 Å². The van der Waals surface area contributed by atoms with Crippen LogP contribution in [-0.2, 0) is 9.47 Å². The van der Waals surface area contributed by atoms with Gasteiger partial charge in [-0.2, -0.15) is 15.2 Å². The number of nitrogens with zero attached hydrogens (tertiary/aromatic N) is 5. The molecule has 0 bridgehead atoms. The Kier molecular flexibility index (Phi) is 9.40. The summed E-state index contributed by atoms with van der Waals surface area (Å²) >= 11 is 7.56. The number of aromatic nitrogens is 2. The van der Waals surface area contributed by atoms with Crippen LogP contribution in [0.25, 0.3) is 32.1 Å². The van der Waals surface area contributed by atoms with Crippen molar-refractivity contribution in [2.75, 3.05) is 76.9 Å². The number of halogens is 5. The van der Waals surface area contributed by atoms with Gasteiger partial charge in [0, 0.05) is 68.0 Å². The molecule has 0 radical (unpaired) electrons. The van der Waals surface area contributed by atoms with Crippen LogP contribution in [0.5, 0.6) is 6.01 Å². The number of fused-ring (bicyclic) bond motifs is 2. The Hall–Kier alpha value is -3.48. The molecule has 2 N–H and O–H groups in total. The zero-order valence-electron chi connectivity index (χ0n) is 24.9. The summed E-state index contributed by atoms with van der Waals surface area (Å²) in [4.78, 5) is 12.8. The molecule has 46 heavy (non-hydrogen) atoms. The molecule has 2 saturated heterocycles. The quantitative estimate of drug-likeness (QED) is 0.250. The van der Waals surface area contributed by atoms with E-state index in [9.17, 15) is 18.4 Å². The molecule has 2 aliphatic heterocycles. The van der Waals surface area contributed by atoms with Gasteiger partial charge in [-0.1, -0.05) is 17.7 Å². The Labute approximate surface area is 271 Å². The van der Waals surface area contributed by atoms with Crippen molar-refractivity contribution in [1.82, 2.24) is 14.9 Å². The number of methoxy groups -OCH3 is 1. The number of nitrogens with two attached hydrogens (primary N) is 1. The van der Waals surface area contributed by atoms with E-state index in [4.69, 9.17) is 31.5 Å². The number of benzene rings is 2.